The molecular weight excluding hydrogens is 281 g/mol. The molecule has 0 atom stereocenters. The van der Waals surface area contributed by atoms with Crippen molar-refractivity contribution in [2.45, 2.75) is 6.54 Å². The van der Waals surface area contributed by atoms with Crippen molar-refractivity contribution in [3.8, 4) is 11.4 Å². The molecule has 1 heterocycles. The van der Waals surface area contributed by atoms with Crippen LogP contribution in [0.15, 0.2) is 36.4 Å². The third-order valence-corrected chi connectivity index (χ3v) is 3.20. The first-order valence-corrected chi connectivity index (χ1v) is 6.32. The van der Waals surface area contributed by atoms with E-state index in [9.17, 15) is 13.2 Å². The minimum absolute atomic E-state index is 0.146. The van der Waals surface area contributed by atoms with Gasteiger partial charge in [0.05, 0.1) is 17.6 Å². The summed E-state index contributed by atoms with van der Waals surface area (Å²) in [6.45, 7) is -0.0554. The van der Waals surface area contributed by atoms with Gasteiger partial charge in [0.2, 0.25) is 0 Å². The van der Waals surface area contributed by atoms with Crippen LogP contribution in [0.3, 0.4) is 0 Å². The lowest BCUT2D eigenvalue weighted by molar-refractivity contribution is 0.278. The maximum Gasteiger partial charge on any atom is 0.161 e. The van der Waals surface area contributed by atoms with Gasteiger partial charge in [-0.15, -0.1) is 0 Å². The molecule has 3 aromatic rings. The molecular formula is C15H11F3N2O. The number of nitrogens with zero attached hydrogens (tertiary/aromatic N) is 2. The molecule has 0 radical (unpaired) electrons. The molecule has 0 saturated heterocycles. The number of benzene rings is 2. The van der Waals surface area contributed by atoms with Crippen LogP contribution in [0.5, 0.6) is 0 Å². The van der Waals surface area contributed by atoms with E-state index in [1.54, 1.807) is 6.07 Å². The van der Waals surface area contributed by atoms with Crippen LogP contribution in [0, 0.1) is 17.5 Å². The Bertz CT molecular complexity index is 814. The van der Waals surface area contributed by atoms with Crippen LogP contribution >= 0.6 is 0 Å². The lowest BCUT2D eigenvalue weighted by Gasteiger charge is -2.07. The average Bonchev–Trinajstić information content (AvgIpc) is 2.78. The fraction of sp³-hybridized carbons (Fsp3) is 0.133. The quantitative estimate of drug-likeness (QED) is 0.805. The van der Waals surface area contributed by atoms with E-state index in [1.165, 1.54) is 22.8 Å². The number of fused-ring (bicyclic) bond motifs is 1. The fourth-order valence-corrected chi connectivity index (χ4v) is 2.29. The van der Waals surface area contributed by atoms with Gasteiger partial charge in [-0.3, -0.25) is 0 Å². The molecule has 0 aliphatic rings. The molecule has 0 fully saturated rings. The van der Waals surface area contributed by atoms with Gasteiger partial charge >= 0.3 is 0 Å². The van der Waals surface area contributed by atoms with Crippen LogP contribution in [0.1, 0.15) is 0 Å². The highest BCUT2D eigenvalue weighted by Gasteiger charge is 2.15. The van der Waals surface area contributed by atoms with E-state index >= 15 is 0 Å². The molecule has 0 aliphatic carbocycles. The van der Waals surface area contributed by atoms with Crippen LogP contribution < -0.4 is 0 Å². The molecule has 2 aromatic carbocycles. The zero-order valence-corrected chi connectivity index (χ0v) is 10.9. The summed E-state index contributed by atoms with van der Waals surface area (Å²) in [5.41, 5.74) is 1.07. The average molecular weight is 292 g/mol. The number of hydrogen-bond acceptors (Lipinski definition) is 2. The Morgan fingerprint density at radius 2 is 1.81 bits per heavy atom. The Balaban J connectivity index is 2.28. The Kier molecular flexibility index (Phi) is 3.39. The van der Waals surface area contributed by atoms with Gasteiger partial charge < -0.3 is 9.67 Å². The number of aromatic nitrogens is 2. The molecule has 0 saturated carbocycles. The van der Waals surface area contributed by atoms with E-state index in [0.717, 1.165) is 12.1 Å². The van der Waals surface area contributed by atoms with Gasteiger partial charge in [-0.2, -0.15) is 0 Å². The van der Waals surface area contributed by atoms with Crippen molar-refractivity contribution < 1.29 is 18.3 Å². The largest absolute Gasteiger partial charge is 0.395 e. The SMILES string of the molecule is OCCn1c(-c2cccc(F)c2)nc2cc(F)c(F)cc21. The van der Waals surface area contributed by atoms with E-state index in [-0.39, 0.29) is 18.7 Å². The smallest absolute Gasteiger partial charge is 0.161 e. The van der Waals surface area contributed by atoms with Crippen molar-refractivity contribution in [2.75, 3.05) is 6.61 Å². The van der Waals surface area contributed by atoms with Gasteiger partial charge in [-0.05, 0) is 12.1 Å². The van der Waals surface area contributed by atoms with Crippen molar-refractivity contribution in [3.05, 3.63) is 53.8 Å². The second-order valence-electron chi connectivity index (χ2n) is 4.58. The zero-order valence-electron chi connectivity index (χ0n) is 10.9. The maximum absolute atomic E-state index is 13.4. The molecule has 21 heavy (non-hydrogen) atoms. The summed E-state index contributed by atoms with van der Waals surface area (Å²) in [4.78, 5) is 4.22. The minimum Gasteiger partial charge on any atom is -0.395 e. The first kappa shape index (κ1) is 13.6. The molecule has 3 rings (SSSR count). The van der Waals surface area contributed by atoms with Crippen molar-refractivity contribution >= 4 is 11.0 Å². The lowest BCUT2D eigenvalue weighted by Crippen LogP contribution is -2.04. The van der Waals surface area contributed by atoms with E-state index < -0.39 is 17.5 Å². The molecule has 0 bridgehead atoms. The normalized spacial score (nSPS) is 11.2. The van der Waals surface area contributed by atoms with Gasteiger partial charge in [0.25, 0.3) is 0 Å². The summed E-state index contributed by atoms with van der Waals surface area (Å²) >= 11 is 0. The number of imidazole rings is 1. The van der Waals surface area contributed by atoms with Gasteiger partial charge in [0.15, 0.2) is 11.6 Å². The summed E-state index contributed by atoms with van der Waals surface area (Å²) in [5.74, 6) is -2.08. The van der Waals surface area contributed by atoms with Crippen LogP contribution in [-0.2, 0) is 6.54 Å². The zero-order chi connectivity index (χ0) is 15.0. The predicted octanol–water partition coefficient (Wildman–Crippen LogP) is 3.11. The fourth-order valence-electron chi connectivity index (χ4n) is 2.29. The van der Waals surface area contributed by atoms with Crippen LogP contribution in [0.25, 0.3) is 22.4 Å². The molecule has 0 unspecified atom stereocenters. The van der Waals surface area contributed by atoms with E-state index in [1.807, 2.05) is 0 Å². The highest BCUT2D eigenvalue weighted by Crippen LogP contribution is 2.26. The van der Waals surface area contributed by atoms with Gasteiger partial charge in [0.1, 0.15) is 11.6 Å². The van der Waals surface area contributed by atoms with Gasteiger partial charge in [-0.1, -0.05) is 12.1 Å². The number of hydrogen-bond donors (Lipinski definition) is 1. The number of halogens is 3. The lowest BCUT2D eigenvalue weighted by atomic mass is 10.2. The molecule has 0 spiro atoms. The minimum atomic E-state index is -0.998. The van der Waals surface area contributed by atoms with E-state index in [2.05, 4.69) is 4.98 Å². The highest BCUT2D eigenvalue weighted by molar-refractivity contribution is 5.80. The van der Waals surface area contributed by atoms with E-state index in [0.29, 0.717) is 16.9 Å². The van der Waals surface area contributed by atoms with Crippen molar-refractivity contribution in [2.24, 2.45) is 0 Å². The summed E-state index contributed by atoms with van der Waals surface area (Å²) in [7, 11) is 0. The molecule has 0 amide bonds. The summed E-state index contributed by atoms with van der Waals surface area (Å²) in [5, 5.41) is 9.16. The predicted molar refractivity (Wildman–Crippen MR) is 72.1 cm³/mol. The highest BCUT2D eigenvalue weighted by atomic mass is 19.2. The third-order valence-electron chi connectivity index (χ3n) is 3.20. The van der Waals surface area contributed by atoms with Crippen LogP contribution in [0.4, 0.5) is 13.2 Å². The van der Waals surface area contributed by atoms with Gasteiger partial charge in [0, 0.05) is 24.2 Å². The van der Waals surface area contributed by atoms with E-state index in [4.69, 9.17) is 5.11 Å². The third kappa shape index (κ3) is 2.38. The Hall–Kier alpha value is -2.34. The second kappa shape index (κ2) is 5.21. The van der Waals surface area contributed by atoms with Crippen LogP contribution in [-0.4, -0.2) is 21.3 Å². The molecule has 0 aliphatic heterocycles. The molecule has 108 valence electrons. The first-order chi connectivity index (χ1) is 10.1. The number of aliphatic hydroxyl groups is 1. The first-order valence-electron chi connectivity index (χ1n) is 6.32. The standard InChI is InChI=1S/C15H11F3N2O/c16-10-3-1-2-9(6-10)15-19-13-7-11(17)12(18)8-14(13)20(15)4-5-21/h1-3,6-8,21H,4-5H2. The topological polar surface area (TPSA) is 38.0 Å². The van der Waals surface area contributed by atoms with Crippen molar-refractivity contribution in [1.29, 1.82) is 0 Å². The number of aliphatic hydroxyl groups excluding tert-OH is 1. The Morgan fingerprint density at radius 1 is 1.05 bits per heavy atom. The molecule has 3 nitrogen and oxygen atoms in total. The van der Waals surface area contributed by atoms with Crippen LogP contribution in [0.2, 0.25) is 0 Å². The molecule has 1 N–H and O–H groups in total. The van der Waals surface area contributed by atoms with Gasteiger partial charge in [-0.25, -0.2) is 18.2 Å². The molecule has 6 heteroatoms. The summed E-state index contributed by atoms with van der Waals surface area (Å²) in [6, 6.07) is 7.75. The van der Waals surface area contributed by atoms with Crippen molar-refractivity contribution in [3.63, 3.8) is 0 Å². The second-order valence-corrected chi connectivity index (χ2v) is 4.58. The summed E-state index contributed by atoms with van der Waals surface area (Å²) < 4.78 is 41.6. The maximum atomic E-state index is 13.4. The Labute approximate surface area is 118 Å². The summed E-state index contributed by atoms with van der Waals surface area (Å²) in [6.07, 6.45) is 0. The Morgan fingerprint density at radius 3 is 2.52 bits per heavy atom. The number of rotatable bonds is 3. The van der Waals surface area contributed by atoms with Crippen molar-refractivity contribution in [1.82, 2.24) is 9.55 Å². The monoisotopic (exact) mass is 292 g/mol. The molecule has 1 aromatic heterocycles.